The van der Waals surface area contributed by atoms with Gasteiger partial charge in [-0.1, -0.05) is 24.3 Å². The van der Waals surface area contributed by atoms with Crippen LogP contribution in [0.1, 0.15) is 15.9 Å². The molecule has 1 amide bonds. The van der Waals surface area contributed by atoms with Crippen molar-refractivity contribution in [2.24, 2.45) is 5.92 Å². The topological polar surface area (TPSA) is 41.6 Å². The molecule has 1 N–H and O–H groups in total. The van der Waals surface area contributed by atoms with Crippen molar-refractivity contribution in [3.05, 3.63) is 59.7 Å². The van der Waals surface area contributed by atoms with E-state index < -0.39 is 0 Å². The Bertz CT molecular complexity index is 697. The number of anilines is 1. The van der Waals surface area contributed by atoms with Crippen molar-refractivity contribution >= 4 is 11.6 Å². The van der Waals surface area contributed by atoms with Crippen molar-refractivity contribution in [1.82, 2.24) is 5.32 Å². The summed E-state index contributed by atoms with van der Waals surface area (Å²) >= 11 is 0. The standard InChI is InChI=1S/C19H22N2O2/c1-21(2)17-8-5-7-16(11-17)19(22)20-12-14-10-15-6-3-4-9-18(15)23-13-14/h3-9,11,14H,10,12-13H2,1-2H3,(H,20,22)/t14-/m1/s1. The van der Waals surface area contributed by atoms with E-state index in [0.29, 0.717) is 24.6 Å². The number of carbonyl (C=O) groups excluding carboxylic acids is 1. The van der Waals surface area contributed by atoms with Gasteiger partial charge in [0, 0.05) is 37.8 Å². The van der Waals surface area contributed by atoms with Crippen LogP contribution >= 0.6 is 0 Å². The van der Waals surface area contributed by atoms with E-state index in [-0.39, 0.29) is 5.91 Å². The van der Waals surface area contributed by atoms with Crippen LogP contribution in [0.3, 0.4) is 0 Å². The molecule has 0 spiro atoms. The number of nitrogens with zero attached hydrogens (tertiary/aromatic N) is 1. The highest BCUT2D eigenvalue weighted by atomic mass is 16.5. The third kappa shape index (κ3) is 3.65. The Morgan fingerprint density at radius 3 is 2.87 bits per heavy atom. The van der Waals surface area contributed by atoms with E-state index in [1.54, 1.807) is 0 Å². The molecule has 1 aliphatic heterocycles. The van der Waals surface area contributed by atoms with Crippen LogP contribution in [0.4, 0.5) is 5.69 Å². The second-order valence-corrected chi connectivity index (χ2v) is 6.14. The van der Waals surface area contributed by atoms with Gasteiger partial charge in [0.25, 0.3) is 5.91 Å². The van der Waals surface area contributed by atoms with Gasteiger partial charge in [0.1, 0.15) is 5.75 Å². The van der Waals surface area contributed by atoms with Crippen molar-refractivity contribution in [1.29, 1.82) is 0 Å². The fourth-order valence-electron chi connectivity index (χ4n) is 2.79. The molecule has 4 heteroatoms. The Morgan fingerprint density at radius 2 is 2.04 bits per heavy atom. The number of hydrogen-bond acceptors (Lipinski definition) is 3. The molecule has 0 saturated heterocycles. The molecule has 1 aliphatic rings. The number of fused-ring (bicyclic) bond motifs is 1. The summed E-state index contributed by atoms with van der Waals surface area (Å²) in [6.45, 7) is 1.27. The molecule has 0 aliphatic carbocycles. The van der Waals surface area contributed by atoms with Crippen LogP contribution in [0.25, 0.3) is 0 Å². The number of para-hydroxylation sites is 1. The van der Waals surface area contributed by atoms with Crippen LogP contribution in [-0.4, -0.2) is 33.2 Å². The third-order valence-corrected chi connectivity index (χ3v) is 4.13. The van der Waals surface area contributed by atoms with Crippen LogP contribution in [0.15, 0.2) is 48.5 Å². The molecule has 2 aromatic rings. The number of nitrogens with one attached hydrogen (secondary N) is 1. The van der Waals surface area contributed by atoms with Gasteiger partial charge in [-0.15, -0.1) is 0 Å². The molecule has 4 nitrogen and oxygen atoms in total. The minimum absolute atomic E-state index is 0.0347. The maximum absolute atomic E-state index is 12.3. The number of carbonyl (C=O) groups is 1. The van der Waals surface area contributed by atoms with Crippen molar-refractivity contribution in [3.8, 4) is 5.75 Å². The van der Waals surface area contributed by atoms with Crippen LogP contribution < -0.4 is 15.0 Å². The van der Waals surface area contributed by atoms with Gasteiger partial charge in [0.15, 0.2) is 0 Å². The molecule has 1 atom stereocenters. The van der Waals surface area contributed by atoms with Gasteiger partial charge in [-0.3, -0.25) is 4.79 Å². The third-order valence-electron chi connectivity index (χ3n) is 4.13. The monoisotopic (exact) mass is 310 g/mol. The second kappa shape index (κ2) is 6.73. The molecule has 1 heterocycles. The summed E-state index contributed by atoms with van der Waals surface area (Å²) in [5.41, 5.74) is 2.92. The van der Waals surface area contributed by atoms with Crippen molar-refractivity contribution in [2.45, 2.75) is 6.42 Å². The predicted octanol–water partition coefficient (Wildman–Crippen LogP) is 2.73. The average Bonchev–Trinajstić information content (AvgIpc) is 2.59. The van der Waals surface area contributed by atoms with Gasteiger partial charge in [-0.25, -0.2) is 0 Å². The first-order chi connectivity index (χ1) is 11.1. The van der Waals surface area contributed by atoms with Gasteiger partial charge in [0.2, 0.25) is 0 Å². The SMILES string of the molecule is CN(C)c1cccc(C(=O)NC[C@@H]2COc3ccccc3C2)c1. The molecule has 0 fully saturated rings. The average molecular weight is 310 g/mol. The smallest absolute Gasteiger partial charge is 0.251 e. The van der Waals surface area contributed by atoms with Crippen LogP contribution in [0.2, 0.25) is 0 Å². The number of amides is 1. The maximum atomic E-state index is 12.3. The van der Waals surface area contributed by atoms with Crippen LogP contribution in [-0.2, 0) is 6.42 Å². The molecule has 3 rings (SSSR count). The number of rotatable bonds is 4. The molecule has 2 aromatic carbocycles. The summed E-state index contributed by atoms with van der Waals surface area (Å²) < 4.78 is 5.77. The minimum atomic E-state index is -0.0347. The molecule has 0 aromatic heterocycles. The van der Waals surface area contributed by atoms with Gasteiger partial charge < -0.3 is 15.0 Å². The molecule has 120 valence electrons. The number of ether oxygens (including phenoxy) is 1. The zero-order valence-corrected chi connectivity index (χ0v) is 13.6. The number of hydrogen-bond donors (Lipinski definition) is 1. The van der Waals surface area contributed by atoms with Gasteiger partial charge in [-0.2, -0.15) is 0 Å². The Labute approximate surface area is 137 Å². The first-order valence-corrected chi connectivity index (χ1v) is 7.90. The number of benzene rings is 2. The largest absolute Gasteiger partial charge is 0.493 e. The molecular formula is C19H22N2O2. The summed E-state index contributed by atoms with van der Waals surface area (Å²) in [5, 5.41) is 3.03. The van der Waals surface area contributed by atoms with E-state index >= 15 is 0 Å². The van der Waals surface area contributed by atoms with E-state index in [2.05, 4.69) is 11.4 Å². The van der Waals surface area contributed by atoms with Gasteiger partial charge in [0.05, 0.1) is 6.61 Å². The quantitative estimate of drug-likeness (QED) is 0.944. The fourth-order valence-corrected chi connectivity index (χ4v) is 2.79. The normalized spacial score (nSPS) is 16.2. The zero-order chi connectivity index (χ0) is 16.2. The molecule has 0 unspecified atom stereocenters. The minimum Gasteiger partial charge on any atom is -0.493 e. The summed E-state index contributed by atoms with van der Waals surface area (Å²) in [6, 6.07) is 15.7. The van der Waals surface area contributed by atoms with Crippen molar-refractivity contribution in [3.63, 3.8) is 0 Å². The fraction of sp³-hybridized carbons (Fsp3) is 0.316. The molecular weight excluding hydrogens is 288 g/mol. The lowest BCUT2D eigenvalue weighted by Crippen LogP contribution is -2.34. The summed E-state index contributed by atoms with van der Waals surface area (Å²) in [6.07, 6.45) is 0.939. The lowest BCUT2D eigenvalue weighted by molar-refractivity contribution is 0.0939. The van der Waals surface area contributed by atoms with Crippen LogP contribution in [0.5, 0.6) is 5.75 Å². The van der Waals surface area contributed by atoms with E-state index in [0.717, 1.165) is 17.9 Å². The maximum Gasteiger partial charge on any atom is 0.251 e. The molecule has 0 bridgehead atoms. The highest BCUT2D eigenvalue weighted by Gasteiger charge is 2.20. The highest BCUT2D eigenvalue weighted by molar-refractivity contribution is 5.95. The van der Waals surface area contributed by atoms with Crippen molar-refractivity contribution < 1.29 is 9.53 Å². The lowest BCUT2D eigenvalue weighted by Gasteiger charge is -2.25. The lowest BCUT2D eigenvalue weighted by atomic mass is 9.96. The van der Waals surface area contributed by atoms with Crippen molar-refractivity contribution in [2.75, 3.05) is 32.1 Å². The molecule has 0 radical (unpaired) electrons. The second-order valence-electron chi connectivity index (χ2n) is 6.14. The van der Waals surface area contributed by atoms with Gasteiger partial charge in [-0.05, 0) is 36.2 Å². The summed E-state index contributed by atoms with van der Waals surface area (Å²) in [7, 11) is 3.93. The molecule has 0 saturated carbocycles. The van der Waals surface area contributed by atoms with E-state index in [1.165, 1.54) is 5.56 Å². The predicted molar refractivity (Wildman–Crippen MR) is 92.2 cm³/mol. The first kappa shape index (κ1) is 15.4. The summed E-state index contributed by atoms with van der Waals surface area (Å²) in [4.78, 5) is 14.3. The van der Waals surface area contributed by atoms with Crippen LogP contribution in [0, 0.1) is 5.92 Å². The Balaban J connectivity index is 1.59. The van der Waals surface area contributed by atoms with E-state index in [1.807, 2.05) is 61.5 Å². The highest BCUT2D eigenvalue weighted by Crippen LogP contribution is 2.26. The first-order valence-electron chi connectivity index (χ1n) is 7.90. The Kier molecular flexibility index (Phi) is 4.51. The van der Waals surface area contributed by atoms with E-state index in [4.69, 9.17) is 4.74 Å². The van der Waals surface area contributed by atoms with E-state index in [9.17, 15) is 4.79 Å². The van der Waals surface area contributed by atoms with Gasteiger partial charge >= 0.3 is 0 Å². The molecule has 23 heavy (non-hydrogen) atoms. The Hall–Kier alpha value is -2.49. The zero-order valence-electron chi connectivity index (χ0n) is 13.6. The summed E-state index contributed by atoms with van der Waals surface area (Å²) in [5.74, 6) is 1.24. The Morgan fingerprint density at radius 1 is 1.22 bits per heavy atom.